The maximum atomic E-state index is 11.7. The molecule has 0 aromatic heterocycles. The van der Waals surface area contributed by atoms with E-state index in [1.165, 1.54) is 12.8 Å². The second-order valence-corrected chi connectivity index (χ2v) is 4.91. The largest absolute Gasteiger partial charge is 0.340 e. The molecule has 4 nitrogen and oxygen atoms in total. The van der Waals surface area contributed by atoms with E-state index in [1.807, 2.05) is 4.90 Å². The van der Waals surface area contributed by atoms with Gasteiger partial charge in [0.1, 0.15) is 0 Å². The number of carbonyl (C=O) groups excluding carboxylic acids is 1. The van der Waals surface area contributed by atoms with Gasteiger partial charge in [0.05, 0.1) is 6.04 Å². The number of hydrogen-bond donors (Lipinski definition) is 1. The number of carbonyl (C=O) groups is 1. The third-order valence-electron chi connectivity index (χ3n) is 3.56. The van der Waals surface area contributed by atoms with Crippen molar-refractivity contribution in [3.05, 3.63) is 0 Å². The summed E-state index contributed by atoms with van der Waals surface area (Å²) in [7, 11) is 2.18. The number of nitrogens with zero attached hydrogens (tertiary/aromatic N) is 2. The van der Waals surface area contributed by atoms with Gasteiger partial charge in [0.25, 0.3) is 0 Å². The summed E-state index contributed by atoms with van der Waals surface area (Å²) in [6, 6.07) is 0.982. The molecule has 1 aliphatic carbocycles. The van der Waals surface area contributed by atoms with Crippen LogP contribution >= 0.6 is 0 Å². The molecule has 1 heterocycles. The highest BCUT2D eigenvalue weighted by atomic mass is 16.2. The van der Waals surface area contributed by atoms with Gasteiger partial charge in [0.15, 0.2) is 0 Å². The van der Waals surface area contributed by atoms with E-state index in [4.69, 9.17) is 5.73 Å². The van der Waals surface area contributed by atoms with E-state index in [-0.39, 0.29) is 11.9 Å². The first kappa shape index (κ1) is 10.9. The molecule has 0 aromatic carbocycles. The molecule has 2 aliphatic rings. The van der Waals surface area contributed by atoms with Gasteiger partial charge < -0.3 is 10.6 Å². The summed E-state index contributed by atoms with van der Waals surface area (Å²) in [6.45, 7) is 3.51. The van der Waals surface area contributed by atoms with Crippen molar-refractivity contribution in [2.75, 3.05) is 20.1 Å². The van der Waals surface area contributed by atoms with Gasteiger partial charge in [0.2, 0.25) is 5.91 Å². The number of rotatable bonds is 3. The quantitative estimate of drug-likeness (QED) is 0.716. The molecule has 86 valence electrons. The zero-order valence-electron chi connectivity index (χ0n) is 9.65. The lowest BCUT2D eigenvalue weighted by atomic mass is 10.2. The van der Waals surface area contributed by atoms with Crippen LogP contribution in [0.2, 0.25) is 0 Å². The van der Waals surface area contributed by atoms with Crippen LogP contribution in [0.1, 0.15) is 26.2 Å². The lowest BCUT2D eigenvalue weighted by Gasteiger charge is -2.24. The molecule has 0 spiro atoms. The van der Waals surface area contributed by atoms with Crippen LogP contribution in [0.15, 0.2) is 0 Å². The average Bonchev–Trinajstić information content (AvgIpc) is 2.93. The van der Waals surface area contributed by atoms with Crippen molar-refractivity contribution in [2.24, 2.45) is 5.73 Å². The molecule has 2 N–H and O–H groups in total. The molecule has 1 amide bonds. The zero-order chi connectivity index (χ0) is 11.0. The molecule has 15 heavy (non-hydrogen) atoms. The van der Waals surface area contributed by atoms with Gasteiger partial charge in [-0.1, -0.05) is 0 Å². The third kappa shape index (κ3) is 2.32. The van der Waals surface area contributed by atoms with Crippen LogP contribution in [0.4, 0.5) is 0 Å². The molecular weight excluding hydrogens is 190 g/mol. The second kappa shape index (κ2) is 4.10. The molecule has 1 saturated heterocycles. The van der Waals surface area contributed by atoms with Gasteiger partial charge in [-0.25, -0.2) is 0 Å². The van der Waals surface area contributed by atoms with Crippen LogP contribution in [-0.2, 0) is 4.79 Å². The fourth-order valence-corrected chi connectivity index (χ4v) is 2.34. The Morgan fingerprint density at radius 3 is 2.60 bits per heavy atom. The first-order valence-corrected chi connectivity index (χ1v) is 5.86. The van der Waals surface area contributed by atoms with Gasteiger partial charge in [0, 0.05) is 25.2 Å². The lowest BCUT2D eigenvalue weighted by molar-refractivity contribution is -0.131. The second-order valence-electron chi connectivity index (χ2n) is 4.91. The Kier molecular flexibility index (Phi) is 2.98. The van der Waals surface area contributed by atoms with Crippen molar-refractivity contribution >= 4 is 5.91 Å². The summed E-state index contributed by atoms with van der Waals surface area (Å²) in [5.74, 6) is 0.0988. The molecule has 2 fully saturated rings. The van der Waals surface area contributed by atoms with Gasteiger partial charge in [-0.05, 0) is 33.2 Å². The Balaban J connectivity index is 1.85. The Labute approximate surface area is 91.4 Å². The van der Waals surface area contributed by atoms with E-state index in [9.17, 15) is 4.79 Å². The molecule has 1 saturated carbocycles. The molecule has 0 unspecified atom stereocenters. The van der Waals surface area contributed by atoms with Crippen molar-refractivity contribution in [1.29, 1.82) is 0 Å². The van der Waals surface area contributed by atoms with E-state index >= 15 is 0 Å². The first-order valence-electron chi connectivity index (χ1n) is 5.86. The fourth-order valence-electron chi connectivity index (χ4n) is 2.34. The maximum Gasteiger partial charge on any atom is 0.239 e. The van der Waals surface area contributed by atoms with Crippen LogP contribution in [0.3, 0.4) is 0 Å². The minimum atomic E-state index is -0.352. The minimum Gasteiger partial charge on any atom is -0.340 e. The Bertz CT molecular complexity index is 250. The summed E-state index contributed by atoms with van der Waals surface area (Å²) in [5, 5.41) is 0. The van der Waals surface area contributed by atoms with Crippen molar-refractivity contribution in [1.82, 2.24) is 9.80 Å². The summed E-state index contributed by atoms with van der Waals surface area (Å²) < 4.78 is 0. The average molecular weight is 211 g/mol. The number of nitrogens with two attached hydrogens (primary N) is 1. The molecule has 1 aliphatic heterocycles. The van der Waals surface area contributed by atoms with Crippen LogP contribution in [0.25, 0.3) is 0 Å². The van der Waals surface area contributed by atoms with Crippen LogP contribution < -0.4 is 5.73 Å². The standard InChI is InChI=1S/C11H21N3O/c1-8(12)11(15)14-6-5-10(7-14)13(2)9-3-4-9/h8-10H,3-7,12H2,1-2H3/t8-,10-/m0/s1. The van der Waals surface area contributed by atoms with Gasteiger partial charge in [-0.2, -0.15) is 0 Å². The van der Waals surface area contributed by atoms with Crippen LogP contribution in [0.5, 0.6) is 0 Å². The fraction of sp³-hybridized carbons (Fsp3) is 0.909. The highest BCUT2D eigenvalue weighted by Gasteiger charge is 2.36. The predicted molar refractivity (Wildman–Crippen MR) is 59.4 cm³/mol. The Morgan fingerprint density at radius 2 is 2.07 bits per heavy atom. The Hall–Kier alpha value is -0.610. The van der Waals surface area contributed by atoms with Crippen molar-refractivity contribution in [3.63, 3.8) is 0 Å². The zero-order valence-corrected chi connectivity index (χ0v) is 9.65. The molecule has 2 rings (SSSR count). The van der Waals surface area contributed by atoms with Crippen LogP contribution in [-0.4, -0.2) is 54.0 Å². The van der Waals surface area contributed by atoms with E-state index < -0.39 is 0 Å². The smallest absolute Gasteiger partial charge is 0.239 e. The third-order valence-corrected chi connectivity index (χ3v) is 3.56. The van der Waals surface area contributed by atoms with Gasteiger partial charge >= 0.3 is 0 Å². The molecule has 0 radical (unpaired) electrons. The summed E-state index contributed by atoms with van der Waals surface area (Å²) in [5.41, 5.74) is 5.60. The number of likely N-dealkylation sites (tertiary alicyclic amines) is 1. The van der Waals surface area contributed by atoms with E-state index in [0.717, 1.165) is 25.6 Å². The summed E-state index contributed by atoms with van der Waals surface area (Å²) >= 11 is 0. The van der Waals surface area contributed by atoms with E-state index in [1.54, 1.807) is 6.92 Å². The van der Waals surface area contributed by atoms with E-state index in [2.05, 4.69) is 11.9 Å². The van der Waals surface area contributed by atoms with Gasteiger partial charge in [-0.3, -0.25) is 9.69 Å². The van der Waals surface area contributed by atoms with Gasteiger partial charge in [-0.15, -0.1) is 0 Å². The minimum absolute atomic E-state index is 0.0988. The molecule has 0 bridgehead atoms. The number of hydrogen-bond acceptors (Lipinski definition) is 3. The highest BCUT2D eigenvalue weighted by molar-refractivity contribution is 5.81. The maximum absolute atomic E-state index is 11.7. The monoisotopic (exact) mass is 211 g/mol. The summed E-state index contributed by atoms with van der Waals surface area (Å²) in [4.78, 5) is 16.0. The summed E-state index contributed by atoms with van der Waals surface area (Å²) in [6.07, 6.45) is 3.76. The first-order chi connectivity index (χ1) is 7.09. The SMILES string of the molecule is C[C@H](N)C(=O)N1CC[C@H](N(C)C2CC2)C1. The van der Waals surface area contributed by atoms with Crippen LogP contribution in [0, 0.1) is 0 Å². The molecule has 4 heteroatoms. The molecule has 2 atom stereocenters. The Morgan fingerprint density at radius 1 is 1.40 bits per heavy atom. The predicted octanol–water partition coefficient (Wildman–Crippen LogP) is 0.0287. The highest BCUT2D eigenvalue weighted by Crippen LogP contribution is 2.29. The molecular formula is C11H21N3O. The van der Waals surface area contributed by atoms with E-state index in [0.29, 0.717) is 6.04 Å². The van der Waals surface area contributed by atoms with Crippen molar-refractivity contribution in [3.8, 4) is 0 Å². The lowest BCUT2D eigenvalue weighted by Crippen LogP contribution is -2.43. The van der Waals surface area contributed by atoms with Crippen molar-refractivity contribution in [2.45, 2.75) is 44.3 Å². The van der Waals surface area contributed by atoms with Crippen molar-refractivity contribution < 1.29 is 4.79 Å². The number of amides is 1. The topological polar surface area (TPSA) is 49.6 Å². The number of likely N-dealkylation sites (N-methyl/N-ethyl adjacent to an activating group) is 1. The molecule has 0 aromatic rings. The normalized spacial score (nSPS) is 28.5.